The van der Waals surface area contributed by atoms with Gasteiger partial charge in [0.05, 0.1) is 5.69 Å². The van der Waals surface area contributed by atoms with Gasteiger partial charge in [-0.25, -0.2) is 0 Å². The summed E-state index contributed by atoms with van der Waals surface area (Å²) in [6, 6.07) is 2.23. The van der Waals surface area contributed by atoms with Crippen LogP contribution in [0.2, 0.25) is 0 Å². The van der Waals surface area contributed by atoms with Crippen LogP contribution in [0.1, 0.15) is 75.2 Å². The summed E-state index contributed by atoms with van der Waals surface area (Å²) in [5.41, 5.74) is 1.59. The van der Waals surface area contributed by atoms with E-state index in [1.165, 1.54) is 57.8 Å². The maximum atomic E-state index is 5.64. The van der Waals surface area contributed by atoms with Gasteiger partial charge in [-0.15, -0.1) is 0 Å². The van der Waals surface area contributed by atoms with Gasteiger partial charge in [-0.05, 0) is 56.3 Å². The van der Waals surface area contributed by atoms with E-state index in [0.717, 1.165) is 35.8 Å². The molecule has 5 saturated carbocycles. The molecule has 0 aliphatic heterocycles. The number of rotatable bonds is 4. The molecule has 1 N–H and O–H groups in total. The van der Waals surface area contributed by atoms with Gasteiger partial charge in [-0.3, -0.25) is 0 Å². The fraction of sp³-hybridized carbons (Fsp3) is 0.833. The van der Waals surface area contributed by atoms with Gasteiger partial charge in [0.1, 0.15) is 5.76 Å². The first-order valence-corrected chi connectivity index (χ1v) is 9.03. The summed E-state index contributed by atoms with van der Waals surface area (Å²) < 4.78 is 5.64. The molecule has 2 unspecified atom stereocenters. The fourth-order valence-electron chi connectivity index (χ4n) is 6.06. The molecule has 1 aromatic heterocycles. The first-order valence-electron chi connectivity index (χ1n) is 9.03. The highest BCUT2D eigenvalue weighted by Gasteiger charge is 2.62. The van der Waals surface area contributed by atoms with Crippen LogP contribution in [0, 0.1) is 17.8 Å². The average molecular weight is 286 g/mol. The van der Waals surface area contributed by atoms with Crippen LogP contribution in [0.25, 0.3) is 0 Å². The Hall–Kier alpha value is -0.830. The Bertz CT molecular complexity index is 517. The van der Waals surface area contributed by atoms with Crippen molar-refractivity contribution in [3.05, 3.63) is 17.5 Å². The van der Waals surface area contributed by atoms with Crippen LogP contribution in [0.15, 0.2) is 10.6 Å². The molecule has 0 radical (unpaired) electrons. The van der Waals surface area contributed by atoms with Gasteiger partial charge >= 0.3 is 0 Å². The smallest absolute Gasteiger partial charge is 0.140 e. The van der Waals surface area contributed by atoms with Crippen molar-refractivity contribution in [2.75, 3.05) is 0 Å². The minimum Gasteiger partial charge on any atom is -0.361 e. The molecule has 0 aromatic carbocycles. The zero-order valence-electron chi connectivity index (χ0n) is 12.8. The summed E-state index contributed by atoms with van der Waals surface area (Å²) in [4.78, 5) is 0. The van der Waals surface area contributed by atoms with Gasteiger partial charge in [0.25, 0.3) is 0 Å². The minimum atomic E-state index is 0.472. The van der Waals surface area contributed by atoms with Crippen molar-refractivity contribution in [1.29, 1.82) is 0 Å². The van der Waals surface area contributed by atoms with Crippen molar-refractivity contribution in [3.63, 3.8) is 0 Å². The van der Waals surface area contributed by atoms with E-state index in [0.29, 0.717) is 11.5 Å². The molecule has 4 bridgehead atoms. The Labute approximate surface area is 126 Å². The van der Waals surface area contributed by atoms with Crippen LogP contribution in [-0.4, -0.2) is 10.7 Å². The molecule has 0 saturated heterocycles. The highest BCUT2D eigenvalue weighted by Crippen LogP contribution is 2.65. The van der Waals surface area contributed by atoms with E-state index in [1.807, 2.05) is 0 Å². The van der Waals surface area contributed by atoms with Crippen molar-refractivity contribution in [1.82, 2.24) is 10.5 Å². The van der Waals surface area contributed by atoms with Crippen molar-refractivity contribution < 1.29 is 4.52 Å². The molecule has 114 valence electrons. The predicted molar refractivity (Wildman–Crippen MR) is 80.8 cm³/mol. The number of hydrogen-bond acceptors (Lipinski definition) is 3. The van der Waals surface area contributed by atoms with E-state index in [4.69, 9.17) is 4.52 Å². The van der Waals surface area contributed by atoms with Crippen LogP contribution in [0.4, 0.5) is 0 Å². The van der Waals surface area contributed by atoms with E-state index in [1.54, 1.807) is 0 Å². The molecule has 1 heterocycles. The Balaban J connectivity index is 1.24. The third-order valence-electron chi connectivity index (χ3n) is 7.08. The van der Waals surface area contributed by atoms with Crippen molar-refractivity contribution >= 4 is 0 Å². The summed E-state index contributed by atoms with van der Waals surface area (Å²) in [6.07, 6.45) is 12.5. The first kappa shape index (κ1) is 12.7. The molecule has 1 aromatic rings. The molecule has 21 heavy (non-hydrogen) atoms. The van der Waals surface area contributed by atoms with Crippen molar-refractivity contribution in [2.45, 2.75) is 75.8 Å². The molecular formula is C18H26N2O. The molecule has 3 nitrogen and oxygen atoms in total. The predicted octanol–water partition coefficient (Wildman–Crippen LogP) is 4.00. The summed E-state index contributed by atoms with van der Waals surface area (Å²) in [6.45, 7) is 0.909. The van der Waals surface area contributed by atoms with Gasteiger partial charge in [-0.2, -0.15) is 0 Å². The fourth-order valence-corrected chi connectivity index (χ4v) is 6.06. The SMILES string of the molecule is c1c(CNC23CC4CC2CC4C3)noc1C1CCCCC1. The summed E-state index contributed by atoms with van der Waals surface area (Å²) >= 11 is 0. The third-order valence-corrected chi connectivity index (χ3v) is 7.08. The molecular weight excluding hydrogens is 260 g/mol. The van der Waals surface area contributed by atoms with Crippen molar-refractivity contribution in [3.8, 4) is 0 Å². The lowest BCUT2D eigenvalue weighted by atomic mass is 9.87. The Morgan fingerprint density at radius 2 is 1.90 bits per heavy atom. The largest absolute Gasteiger partial charge is 0.361 e. The van der Waals surface area contributed by atoms with Gasteiger partial charge in [0.2, 0.25) is 0 Å². The Morgan fingerprint density at radius 3 is 2.57 bits per heavy atom. The zero-order valence-corrected chi connectivity index (χ0v) is 12.8. The second-order valence-corrected chi connectivity index (χ2v) is 8.16. The lowest BCUT2D eigenvalue weighted by Crippen LogP contribution is -2.44. The molecule has 5 aliphatic carbocycles. The van der Waals surface area contributed by atoms with Crippen LogP contribution < -0.4 is 5.32 Å². The van der Waals surface area contributed by atoms with Crippen LogP contribution in [0.3, 0.4) is 0 Å². The molecule has 5 aliphatic rings. The third kappa shape index (κ3) is 1.93. The highest BCUT2D eigenvalue weighted by molar-refractivity contribution is 5.18. The molecule has 0 amide bonds. The monoisotopic (exact) mass is 286 g/mol. The molecule has 2 atom stereocenters. The summed E-state index contributed by atoms with van der Waals surface area (Å²) in [5.74, 6) is 4.81. The number of hydrogen-bond donors (Lipinski definition) is 1. The molecule has 6 rings (SSSR count). The molecule has 3 heteroatoms. The zero-order chi connectivity index (χ0) is 13.9. The second-order valence-electron chi connectivity index (χ2n) is 8.16. The second kappa shape index (κ2) is 4.58. The Kier molecular flexibility index (Phi) is 2.77. The normalized spacial score (nSPS) is 41.4. The minimum absolute atomic E-state index is 0.472. The quantitative estimate of drug-likeness (QED) is 0.909. The summed E-state index contributed by atoms with van der Waals surface area (Å²) in [7, 11) is 0. The van der Waals surface area contributed by atoms with E-state index in [-0.39, 0.29) is 0 Å². The lowest BCUT2D eigenvalue weighted by Gasteiger charge is -2.30. The van der Waals surface area contributed by atoms with Gasteiger partial charge in [0, 0.05) is 24.1 Å². The van der Waals surface area contributed by atoms with Crippen molar-refractivity contribution in [2.24, 2.45) is 17.8 Å². The van der Waals surface area contributed by atoms with Crippen LogP contribution in [-0.2, 0) is 6.54 Å². The standard InChI is InChI=1S/C18H26N2O/c1-2-4-12(5-3-1)17-8-16(20-21-17)11-19-18-9-13-6-15(18)7-14(13)10-18/h8,12-15,19H,1-7,9-11H2. The summed E-state index contributed by atoms with van der Waals surface area (Å²) in [5, 5.41) is 8.22. The van der Waals surface area contributed by atoms with Crippen LogP contribution in [0.5, 0.6) is 0 Å². The van der Waals surface area contributed by atoms with E-state index in [2.05, 4.69) is 16.5 Å². The van der Waals surface area contributed by atoms with Gasteiger partial charge < -0.3 is 9.84 Å². The van der Waals surface area contributed by atoms with Crippen LogP contribution >= 0.6 is 0 Å². The van der Waals surface area contributed by atoms with E-state index < -0.39 is 0 Å². The topological polar surface area (TPSA) is 38.1 Å². The number of nitrogens with zero attached hydrogens (tertiary/aromatic N) is 1. The molecule has 5 fully saturated rings. The van der Waals surface area contributed by atoms with E-state index in [9.17, 15) is 0 Å². The highest BCUT2D eigenvalue weighted by atomic mass is 16.5. The maximum absolute atomic E-state index is 5.64. The lowest BCUT2D eigenvalue weighted by molar-refractivity contribution is 0.276. The maximum Gasteiger partial charge on any atom is 0.140 e. The van der Waals surface area contributed by atoms with Gasteiger partial charge in [0.15, 0.2) is 0 Å². The number of aromatic nitrogens is 1. The first-order chi connectivity index (χ1) is 10.3. The van der Waals surface area contributed by atoms with E-state index >= 15 is 0 Å². The number of nitrogens with one attached hydrogen (secondary N) is 1. The van der Waals surface area contributed by atoms with Gasteiger partial charge in [-0.1, -0.05) is 24.4 Å². The molecule has 0 spiro atoms. The Morgan fingerprint density at radius 1 is 1.14 bits per heavy atom. The average Bonchev–Trinajstić information content (AvgIpc) is 3.28.